The van der Waals surface area contributed by atoms with Crippen LogP contribution in [0.25, 0.3) is 0 Å². The van der Waals surface area contributed by atoms with Gasteiger partial charge in [-0.25, -0.2) is 4.79 Å². The first-order valence-corrected chi connectivity index (χ1v) is 4.93. The van der Waals surface area contributed by atoms with Crippen LogP contribution in [0, 0.1) is 11.8 Å². The minimum absolute atomic E-state index is 0.117. The zero-order chi connectivity index (χ0) is 10.1. The summed E-state index contributed by atoms with van der Waals surface area (Å²) in [7, 11) is 0. The van der Waals surface area contributed by atoms with Crippen LogP contribution < -0.4 is 5.32 Å². The standard InChI is InChI=1S/C9H14N2O3/c12-8(10-9(13)14)7-5-11-3-1-6(7)2-4-11/h6-7H,1-5H2,(H,10,12)(H,13,14). The molecular formula is C9H14N2O3. The molecule has 0 saturated carbocycles. The molecular weight excluding hydrogens is 184 g/mol. The lowest BCUT2D eigenvalue weighted by molar-refractivity contribution is -0.130. The molecule has 0 spiro atoms. The van der Waals surface area contributed by atoms with Gasteiger partial charge in [0.05, 0.1) is 5.92 Å². The van der Waals surface area contributed by atoms with Crippen molar-refractivity contribution in [2.24, 2.45) is 11.8 Å². The van der Waals surface area contributed by atoms with E-state index in [1.54, 1.807) is 0 Å². The van der Waals surface area contributed by atoms with E-state index in [1.165, 1.54) is 0 Å². The van der Waals surface area contributed by atoms with E-state index in [-0.39, 0.29) is 11.8 Å². The van der Waals surface area contributed by atoms with Crippen LogP contribution in [0.5, 0.6) is 0 Å². The summed E-state index contributed by atoms with van der Waals surface area (Å²) in [6.07, 6.45) is 0.807. The zero-order valence-electron chi connectivity index (χ0n) is 7.90. The molecule has 78 valence electrons. The van der Waals surface area contributed by atoms with Gasteiger partial charge in [0.1, 0.15) is 0 Å². The third kappa shape index (κ3) is 1.72. The van der Waals surface area contributed by atoms with Crippen molar-refractivity contribution in [2.75, 3.05) is 19.6 Å². The van der Waals surface area contributed by atoms with Crippen molar-refractivity contribution in [3.8, 4) is 0 Å². The SMILES string of the molecule is O=C(O)NC(=O)C1CN2CCC1CC2. The number of hydrogen-bond donors (Lipinski definition) is 2. The number of hydrogen-bond acceptors (Lipinski definition) is 3. The van der Waals surface area contributed by atoms with Gasteiger partial charge in [-0.05, 0) is 31.8 Å². The van der Waals surface area contributed by atoms with Crippen molar-refractivity contribution in [3.63, 3.8) is 0 Å². The Morgan fingerprint density at radius 1 is 1.29 bits per heavy atom. The van der Waals surface area contributed by atoms with E-state index in [0.717, 1.165) is 32.5 Å². The number of carbonyl (C=O) groups is 2. The van der Waals surface area contributed by atoms with Crippen molar-refractivity contribution in [3.05, 3.63) is 0 Å². The Labute approximate surface area is 82.1 Å². The van der Waals surface area contributed by atoms with Gasteiger partial charge in [-0.1, -0.05) is 0 Å². The lowest BCUT2D eigenvalue weighted by Gasteiger charge is -2.43. The van der Waals surface area contributed by atoms with E-state index in [0.29, 0.717) is 5.92 Å². The fraction of sp³-hybridized carbons (Fsp3) is 0.778. The molecule has 5 nitrogen and oxygen atoms in total. The molecule has 3 heterocycles. The van der Waals surface area contributed by atoms with Gasteiger partial charge in [-0.15, -0.1) is 0 Å². The van der Waals surface area contributed by atoms with E-state index in [9.17, 15) is 9.59 Å². The monoisotopic (exact) mass is 198 g/mol. The Bertz CT molecular complexity index is 259. The number of carboxylic acid groups (broad SMARTS) is 1. The highest BCUT2D eigenvalue weighted by Gasteiger charge is 2.38. The second-order valence-electron chi connectivity index (χ2n) is 4.04. The summed E-state index contributed by atoms with van der Waals surface area (Å²) >= 11 is 0. The first-order chi connectivity index (χ1) is 6.66. The van der Waals surface area contributed by atoms with Gasteiger partial charge >= 0.3 is 6.09 Å². The molecule has 5 heteroatoms. The van der Waals surface area contributed by atoms with E-state index < -0.39 is 6.09 Å². The molecule has 2 bridgehead atoms. The Morgan fingerprint density at radius 2 is 1.93 bits per heavy atom. The zero-order valence-corrected chi connectivity index (χ0v) is 7.90. The van der Waals surface area contributed by atoms with Gasteiger partial charge in [-0.2, -0.15) is 0 Å². The van der Waals surface area contributed by atoms with Crippen LogP contribution in [0.2, 0.25) is 0 Å². The Morgan fingerprint density at radius 3 is 2.36 bits per heavy atom. The van der Waals surface area contributed by atoms with Crippen LogP contribution in [0.4, 0.5) is 4.79 Å². The molecule has 0 aromatic heterocycles. The molecule has 1 unspecified atom stereocenters. The fourth-order valence-corrected chi connectivity index (χ4v) is 2.46. The summed E-state index contributed by atoms with van der Waals surface area (Å²) in [6, 6.07) is 0. The quantitative estimate of drug-likeness (QED) is 0.628. The van der Waals surface area contributed by atoms with Crippen LogP contribution in [0.15, 0.2) is 0 Å². The van der Waals surface area contributed by atoms with Gasteiger partial charge < -0.3 is 10.0 Å². The number of piperidine rings is 3. The van der Waals surface area contributed by atoms with Crippen LogP contribution in [-0.2, 0) is 4.79 Å². The molecule has 0 aliphatic carbocycles. The van der Waals surface area contributed by atoms with Gasteiger partial charge in [0.2, 0.25) is 5.91 Å². The van der Waals surface area contributed by atoms with Crippen molar-refractivity contribution in [1.29, 1.82) is 0 Å². The number of nitrogens with one attached hydrogen (secondary N) is 1. The number of carbonyl (C=O) groups excluding carboxylic acids is 1. The maximum absolute atomic E-state index is 11.5. The number of rotatable bonds is 1. The molecule has 3 aliphatic heterocycles. The second-order valence-corrected chi connectivity index (χ2v) is 4.04. The van der Waals surface area contributed by atoms with E-state index >= 15 is 0 Å². The second kappa shape index (κ2) is 3.57. The van der Waals surface area contributed by atoms with E-state index in [2.05, 4.69) is 4.90 Å². The molecule has 2 N–H and O–H groups in total. The van der Waals surface area contributed by atoms with Crippen molar-refractivity contribution in [2.45, 2.75) is 12.8 Å². The third-order valence-corrected chi connectivity index (χ3v) is 3.22. The summed E-state index contributed by atoms with van der Waals surface area (Å²) in [5, 5.41) is 10.4. The first-order valence-electron chi connectivity index (χ1n) is 4.93. The maximum Gasteiger partial charge on any atom is 0.411 e. The van der Waals surface area contributed by atoms with Crippen LogP contribution in [0.1, 0.15) is 12.8 Å². The van der Waals surface area contributed by atoms with Gasteiger partial charge in [0.25, 0.3) is 0 Å². The van der Waals surface area contributed by atoms with Gasteiger partial charge in [-0.3, -0.25) is 10.1 Å². The minimum Gasteiger partial charge on any atom is -0.465 e. The molecule has 0 radical (unpaired) electrons. The van der Waals surface area contributed by atoms with Crippen molar-refractivity contribution in [1.82, 2.24) is 10.2 Å². The maximum atomic E-state index is 11.5. The summed E-state index contributed by atoms with van der Waals surface area (Å²) in [6.45, 7) is 2.84. The highest BCUT2D eigenvalue weighted by molar-refractivity contribution is 5.92. The molecule has 0 aromatic carbocycles. The van der Waals surface area contributed by atoms with Crippen LogP contribution >= 0.6 is 0 Å². The summed E-state index contributed by atoms with van der Waals surface area (Å²) in [5.41, 5.74) is 0. The lowest BCUT2D eigenvalue weighted by atomic mass is 9.78. The molecule has 3 aliphatic rings. The van der Waals surface area contributed by atoms with Crippen molar-refractivity contribution >= 4 is 12.0 Å². The van der Waals surface area contributed by atoms with Crippen LogP contribution in [-0.4, -0.2) is 41.6 Å². The predicted molar refractivity (Wildman–Crippen MR) is 48.8 cm³/mol. The Hall–Kier alpha value is -1.10. The fourth-order valence-electron chi connectivity index (χ4n) is 2.46. The van der Waals surface area contributed by atoms with Crippen LogP contribution in [0.3, 0.4) is 0 Å². The Balaban J connectivity index is 1.97. The summed E-state index contributed by atoms with van der Waals surface area (Å²) in [4.78, 5) is 24.0. The molecule has 3 rings (SSSR count). The Kier molecular flexibility index (Phi) is 2.41. The predicted octanol–water partition coefficient (Wildman–Crippen LogP) is 0.122. The molecule has 2 amide bonds. The highest BCUT2D eigenvalue weighted by Crippen LogP contribution is 2.32. The average molecular weight is 198 g/mol. The van der Waals surface area contributed by atoms with Gasteiger partial charge in [0.15, 0.2) is 0 Å². The van der Waals surface area contributed by atoms with E-state index in [4.69, 9.17) is 5.11 Å². The molecule has 3 fully saturated rings. The normalized spacial score (nSPS) is 35.3. The summed E-state index contributed by atoms with van der Waals surface area (Å²) < 4.78 is 0. The number of fused-ring (bicyclic) bond motifs is 3. The minimum atomic E-state index is -1.24. The lowest BCUT2D eigenvalue weighted by Crippen LogP contribution is -2.53. The topological polar surface area (TPSA) is 69.6 Å². The van der Waals surface area contributed by atoms with Crippen molar-refractivity contribution < 1.29 is 14.7 Å². The highest BCUT2D eigenvalue weighted by atomic mass is 16.4. The number of imide groups is 1. The molecule has 3 saturated heterocycles. The molecule has 14 heavy (non-hydrogen) atoms. The number of nitrogens with zero attached hydrogens (tertiary/aromatic N) is 1. The third-order valence-electron chi connectivity index (χ3n) is 3.22. The summed E-state index contributed by atoms with van der Waals surface area (Å²) in [5.74, 6) is -0.0557. The first kappa shape index (κ1) is 9.45. The molecule has 1 atom stereocenters. The largest absolute Gasteiger partial charge is 0.465 e. The van der Waals surface area contributed by atoms with E-state index in [1.807, 2.05) is 5.32 Å². The molecule has 0 aromatic rings. The number of amides is 2. The smallest absolute Gasteiger partial charge is 0.411 e. The van der Waals surface area contributed by atoms with Gasteiger partial charge in [0, 0.05) is 6.54 Å². The average Bonchev–Trinajstić information content (AvgIpc) is 2.18.